The van der Waals surface area contributed by atoms with Gasteiger partial charge < -0.3 is 9.13 Å². The lowest BCUT2D eigenvalue weighted by Crippen LogP contribution is -1.91. The van der Waals surface area contributed by atoms with Crippen molar-refractivity contribution in [2.75, 3.05) is 0 Å². The van der Waals surface area contributed by atoms with Crippen LogP contribution in [0.2, 0.25) is 0 Å². The SMILES string of the molecule is Cn1cccc1-c1ccc(-c2cccn2C)cc1. The second kappa shape index (κ2) is 4.22. The third-order valence-corrected chi connectivity index (χ3v) is 3.36. The van der Waals surface area contributed by atoms with Crippen molar-refractivity contribution in [3.63, 3.8) is 0 Å². The molecule has 0 aliphatic rings. The zero-order chi connectivity index (χ0) is 12.5. The molecule has 2 aromatic heterocycles. The fourth-order valence-corrected chi connectivity index (χ4v) is 2.33. The number of rotatable bonds is 2. The topological polar surface area (TPSA) is 9.86 Å². The number of benzene rings is 1. The molecular formula is C16H16N2. The third kappa shape index (κ3) is 1.76. The zero-order valence-electron chi connectivity index (χ0n) is 10.7. The summed E-state index contributed by atoms with van der Waals surface area (Å²) in [5.41, 5.74) is 4.99. The molecule has 1 aromatic carbocycles. The summed E-state index contributed by atoms with van der Waals surface area (Å²) in [7, 11) is 4.14. The van der Waals surface area contributed by atoms with Crippen molar-refractivity contribution >= 4 is 0 Å². The van der Waals surface area contributed by atoms with Gasteiger partial charge in [0.05, 0.1) is 0 Å². The summed E-state index contributed by atoms with van der Waals surface area (Å²) in [5, 5.41) is 0. The van der Waals surface area contributed by atoms with Crippen LogP contribution in [0.15, 0.2) is 60.9 Å². The smallest absolute Gasteiger partial charge is 0.0477 e. The Labute approximate surface area is 107 Å². The first kappa shape index (κ1) is 10.9. The van der Waals surface area contributed by atoms with Crippen LogP contribution in [-0.4, -0.2) is 9.13 Å². The van der Waals surface area contributed by atoms with Crippen LogP contribution in [0.4, 0.5) is 0 Å². The zero-order valence-corrected chi connectivity index (χ0v) is 10.7. The van der Waals surface area contributed by atoms with E-state index in [1.54, 1.807) is 0 Å². The highest BCUT2D eigenvalue weighted by molar-refractivity contribution is 5.67. The molecule has 0 fully saturated rings. The molecule has 90 valence electrons. The third-order valence-electron chi connectivity index (χ3n) is 3.36. The van der Waals surface area contributed by atoms with Gasteiger partial charge in [-0.25, -0.2) is 0 Å². The summed E-state index contributed by atoms with van der Waals surface area (Å²) in [4.78, 5) is 0. The van der Waals surface area contributed by atoms with Crippen LogP contribution in [0.3, 0.4) is 0 Å². The van der Waals surface area contributed by atoms with E-state index in [4.69, 9.17) is 0 Å². The summed E-state index contributed by atoms with van der Waals surface area (Å²) in [6.45, 7) is 0. The molecule has 0 unspecified atom stereocenters. The van der Waals surface area contributed by atoms with Gasteiger partial charge in [0.15, 0.2) is 0 Å². The predicted molar refractivity (Wildman–Crippen MR) is 75.3 cm³/mol. The maximum absolute atomic E-state index is 2.18. The van der Waals surface area contributed by atoms with Gasteiger partial charge in [0.25, 0.3) is 0 Å². The summed E-state index contributed by atoms with van der Waals surface area (Å²) >= 11 is 0. The van der Waals surface area contributed by atoms with E-state index in [2.05, 4.69) is 84.2 Å². The Bertz CT molecular complexity index is 597. The lowest BCUT2D eigenvalue weighted by Gasteiger charge is -2.06. The minimum Gasteiger partial charge on any atom is -0.351 e. The summed E-state index contributed by atoms with van der Waals surface area (Å²) in [6.07, 6.45) is 4.14. The number of nitrogens with zero attached hydrogens (tertiary/aromatic N) is 2. The second-order valence-electron chi connectivity index (χ2n) is 4.59. The Morgan fingerprint density at radius 1 is 0.611 bits per heavy atom. The molecule has 0 saturated carbocycles. The van der Waals surface area contributed by atoms with Crippen LogP contribution in [0.1, 0.15) is 0 Å². The van der Waals surface area contributed by atoms with Crippen molar-refractivity contribution in [3.8, 4) is 22.5 Å². The standard InChI is InChI=1S/C16H16N2/c1-17-11-3-5-15(17)13-7-9-14(10-8-13)16-6-4-12-18(16)2/h3-12H,1-2H3. The molecule has 0 radical (unpaired) electrons. The van der Waals surface area contributed by atoms with Crippen molar-refractivity contribution < 1.29 is 0 Å². The molecule has 18 heavy (non-hydrogen) atoms. The van der Waals surface area contributed by atoms with Gasteiger partial charge in [-0.3, -0.25) is 0 Å². The molecule has 0 amide bonds. The highest BCUT2D eigenvalue weighted by atomic mass is 14.9. The molecule has 2 nitrogen and oxygen atoms in total. The molecule has 0 saturated heterocycles. The molecular weight excluding hydrogens is 220 g/mol. The summed E-state index contributed by atoms with van der Waals surface area (Å²) in [6, 6.07) is 17.1. The van der Waals surface area contributed by atoms with Gasteiger partial charge in [0.1, 0.15) is 0 Å². The van der Waals surface area contributed by atoms with Gasteiger partial charge >= 0.3 is 0 Å². The Morgan fingerprint density at radius 3 is 1.28 bits per heavy atom. The number of aryl methyl sites for hydroxylation is 2. The molecule has 2 heteroatoms. The van der Waals surface area contributed by atoms with Crippen molar-refractivity contribution in [2.45, 2.75) is 0 Å². The van der Waals surface area contributed by atoms with Crippen LogP contribution in [0.5, 0.6) is 0 Å². The summed E-state index contributed by atoms with van der Waals surface area (Å²) in [5.74, 6) is 0. The van der Waals surface area contributed by atoms with E-state index < -0.39 is 0 Å². The lowest BCUT2D eigenvalue weighted by molar-refractivity contribution is 0.934. The lowest BCUT2D eigenvalue weighted by atomic mass is 10.1. The first-order valence-electron chi connectivity index (χ1n) is 6.09. The fraction of sp³-hybridized carbons (Fsp3) is 0.125. The monoisotopic (exact) mass is 236 g/mol. The van der Waals surface area contributed by atoms with Gasteiger partial charge in [0.2, 0.25) is 0 Å². The first-order valence-corrected chi connectivity index (χ1v) is 6.09. The van der Waals surface area contributed by atoms with Crippen molar-refractivity contribution in [1.29, 1.82) is 0 Å². The van der Waals surface area contributed by atoms with Crippen molar-refractivity contribution in [1.82, 2.24) is 9.13 Å². The quantitative estimate of drug-likeness (QED) is 0.642. The Kier molecular flexibility index (Phi) is 2.56. The van der Waals surface area contributed by atoms with Gasteiger partial charge in [0, 0.05) is 37.9 Å². The second-order valence-corrected chi connectivity index (χ2v) is 4.59. The van der Waals surface area contributed by atoms with E-state index in [1.165, 1.54) is 22.5 Å². The van der Waals surface area contributed by atoms with E-state index in [0.29, 0.717) is 0 Å². The molecule has 3 rings (SSSR count). The minimum atomic E-state index is 1.24. The first-order chi connectivity index (χ1) is 8.75. The van der Waals surface area contributed by atoms with Gasteiger partial charge in [-0.05, 0) is 35.4 Å². The average molecular weight is 236 g/mol. The van der Waals surface area contributed by atoms with E-state index in [-0.39, 0.29) is 0 Å². The summed E-state index contributed by atoms with van der Waals surface area (Å²) < 4.78 is 4.27. The maximum atomic E-state index is 2.18. The van der Waals surface area contributed by atoms with Crippen LogP contribution < -0.4 is 0 Å². The number of aromatic nitrogens is 2. The van der Waals surface area contributed by atoms with Crippen LogP contribution in [0, 0.1) is 0 Å². The van der Waals surface area contributed by atoms with E-state index in [1.807, 2.05) is 0 Å². The highest BCUT2D eigenvalue weighted by Crippen LogP contribution is 2.24. The number of hydrogen-bond acceptors (Lipinski definition) is 0. The average Bonchev–Trinajstić information content (AvgIpc) is 2.98. The van der Waals surface area contributed by atoms with Crippen LogP contribution in [0.25, 0.3) is 22.5 Å². The molecule has 3 aromatic rings. The molecule has 0 N–H and O–H groups in total. The molecule has 0 aliphatic carbocycles. The highest BCUT2D eigenvalue weighted by Gasteiger charge is 2.04. The van der Waals surface area contributed by atoms with Gasteiger partial charge in [-0.2, -0.15) is 0 Å². The molecule has 0 spiro atoms. The van der Waals surface area contributed by atoms with Gasteiger partial charge in [-0.1, -0.05) is 24.3 Å². The molecule has 2 heterocycles. The molecule has 0 aliphatic heterocycles. The Hall–Kier alpha value is -2.22. The Balaban J connectivity index is 2.00. The van der Waals surface area contributed by atoms with E-state index in [0.717, 1.165) is 0 Å². The normalized spacial score (nSPS) is 10.8. The molecule has 0 atom stereocenters. The fourth-order valence-electron chi connectivity index (χ4n) is 2.33. The van der Waals surface area contributed by atoms with Crippen molar-refractivity contribution in [2.24, 2.45) is 14.1 Å². The Morgan fingerprint density at radius 2 is 1.00 bits per heavy atom. The van der Waals surface area contributed by atoms with Crippen molar-refractivity contribution in [3.05, 3.63) is 60.9 Å². The largest absolute Gasteiger partial charge is 0.351 e. The van der Waals surface area contributed by atoms with Gasteiger partial charge in [-0.15, -0.1) is 0 Å². The van der Waals surface area contributed by atoms with E-state index in [9.17, 15) is 0 Å². The van der Waals surface area contributed by atoms with Crippen LogP contribution >= 0.6 is 0 Å². The van der Waals surface area contributed by atoms with Crippen LogP contribution in [-0.2, 0) is 14.1 Å². The minimum absolute atomic E-state index is 1.24. The predicted octanol–water partition coefficient (Wildman–Crippen LogP) is 3.70. The number of hydrogen-bond donors (Lipinski definition) is 0. The van der Waals surface area contributed by atoms with E-state index >= 15 is 0 Å². The molecule has 0 bridgehead atoms. The maximum Gasteiger partial charge on any atom is 0.0477 e.